The van der Waals surface area contributed by atoms with Crippen molar-refractivity contribution in [2.45, 2.75) is 6.43 Å². The Bertz CT molecular complexity index is 758. The lowest BCUT2D eigenvalue weighted by Gasteiger charge is -1.91. The quantitative estimate of drug-likeness (QED) is 0.790. The fourth-order valence-electron chi connectivity index (χ4n) is 1.83. The van der Waals surface area contributed by atoms with E-state index < -0.39 is 23.8 Å². The van der Waals surface area contributed by atoms with Crippen LogP contribution in [0.4, 0.5) is 8.78 Å². The summed E-state index contributed by atoms with van der Waals surface area (Å²) in [6.45, 7) is 0. The summed E-state index contributed by atoms with van der Waals surface area (Å²) in [6, 6.07) is 8.52. The molecule has 0 aliphatic carbocycles. The van der Waals surface area contributed by atoms with Gasteiger partial charge in [0.1, 0.15) is 5.58 Å². The Kier molecular flexibility index (Phi) is 2.74. The van der Waals surface area contributed by atoms with Gasteiger partial charge in [0.25, 0.3) is 12.3 Å². The SMILES string of the molecule is O=C(O)c1oc(-c2cc3ccccc3o2)nc1C(F)F. The Balaban J connectivity index is 2.14. The van der Waals surface area contributed by atoms with Crippen LogP contribution in [0.1, 0.15) is 22.7 Å². The van der Waals surface area contributed by atoms with Gasteiger partial charge >= 0.3 is 5.97 Å². The van der Waals surface area contributed by atoms with Crippen LogP contribution in [0, 0.1) is 0 Å². The molecule has 5 nitrogen and oxygen atoms in total. The van der Waals surface area contributed by atoms with Crippen molar-refractivity contribution in [3.8, 4) is 11.7 Å². The highest BCUT2D eigenvalue weighted by Crippen LogP contribution is 2.31. The lowest BCUT2D eigenvalue weighted by molar-refractivity contribution is 0.0646. The van der Waals surface area contributed by atoms with Crippen molar-refractivity contribution in [3.63, 3.8) is 0 Å². The Morgan fingerprint density at radius 3 is 2.60 bits per heavy atom. The number of aromatic nitrogens is 1. The summed E-state index contributed by atoms with van der Waals surface area (Å²) in [5, 5.41) is 9.55. The van der Waals surface area contributed by atoms with Gasteiger partial charge in [-0.2, -0.15) is 0 Å². The Morgan fingerprint density at radius 1 is 1.25 bits per heavy atom. The molecule has 1 aromatic carbocycles. The van der Waals surface area contributed by atoms with Crippen molar-refractivity contribution in [3.05, 3.63) is 41.8 Å². The number of hydrogen-bond acceptors (Lipinski definition) is 4. The van der Waals surface area contributed by atoms with Gasteiger partial charge in [-0.05, 0) is 12.1 Å². The zero-order chi connectivity index (χ0) is 14.3. The fourth-order valence-corrected chi connectivity index (χ4v) is 1.83. The van der Waals surface area contributed by atoms with Crippen molar-refractivity contribution in [1.82, 2.24) is 4.98 Å². The summed E-state index contributed by atoms with van der Waals surface area (Å²) in [4.78, 5) is 14.4. The number of furan rings is 1. The van der Waals surface area contributed by atoms with E-state index in [1.807, 2.05) is 0 Å². The second-order valence-corrected chi connectivity index (χ2v) is 3.99. The highest BCUT2D eigenvalue weighted by Gasteiger charge is 2.27. The number of benzene rings is 1. The largest absolute Gasteiger partial charge is 0.475 e. The van der Waals surface area contributed by atoms with E-state index in [2.05, 4.69) is 4.98 Å². The first-order chi connectivity index (χ1) is 9.56. The first-order valence-corrected chi connectivity index (χ1v) is 5.57. The molecule has 0 radical (unpaired) electrons. The molecule has 0 saturated heterocycles. The molecule has 0 bridgehead atoms. The number of nitrogens with zero attached hydrogens (tertiary/aromatic N) is 1. The third-order valence-electron chi connectivity index (χ3n) is 2.69. The number of carboxylic acids is 1. The van der Waals surface area contributed by atoms with E-state index in [9.17, 15) is 13.6 Å². The van der Waals surface area contributed by atoms with E-state index in [0.29, 0.717) is 5.58 Å². The van der Waals surface area contributed by atoms with E-state index in [1.165, 1.54) is 0 Å². The van der Waals surface area contributed by atoms with Gasteiger partial charge in [0.05, 0.1) is 0 Å². The minimum absolute atomic E-state index is 0.0978. The van der Waals surface area contributed by atoms with E-state index in [1.54, 1.807) is 30.3 Å². The molecule has 3 rings (SSSR count). The summed E-state index contributed by atoms with van der Waals surface area (Å²) in [5.74, 6) is -2.67. The molecule has 2 heterocycles. The highest BCUT2D eigenvalue weighted by atomic mass is 19.3. The van der Waals surface area contributed by atoms with Gasteiger partial charge in [-0.3, -0.25) is 0 Å². The minimum Gasteiger partial charge on any atom is -0.475 e. The molecule has 0 amide bonds. The average molecular weight is 279 g/mol. The number of para-hydroxylation sites is 1. The van der Waals surface area contributed by atoms with Crippen LogP contribution < -0.4 is 0 Å². The van der Waals surface area contributed by atoms with Crippen LogP contribution in [0.15, 0.2) is 39.2 Å². The second kappa shape index (κ2) is 4.44. The molecule has 0 saturated carbocycles. The third-order valence-corrected chi connectivity index (χ3v) is 2.69. The zero-order valence-electron chi connectivity index (χ0n) is 9.84. The first kappa shape index (κ1) is 12.3. The molecule has 0 fully saturated rings. The number of carboxylic acid groups (broad SMARTS) is 1. The molecule has 0 spiro atoms. The van der Waals surface area contributed by atoms with Crippen LogP contribution in [0.2, 0.25) is 0 Å². The van der Waals surface area contributed by atoms with Crippen LogP contribution >= 0.6 is 0 Å². The molecule has 2 aromatic heterocycles. The van der Waals surface area contributed by atoms with Crippen LogP contribution in [-0.4, -0.2) is 16.1 Å². The molecule has 1 N–H and O–H groups in total. The van der Waals surface area contributed by atoms with E-state index in [-0.39, 0.29) is 11.7 Å². The number of carbonyl (C=O) groups is 1. The molecule has 0 aliphatic rings. The van der Waals surface area contributed by atoms with Crippen molar-refractivity contribution < 1.29 is 27.5 Å². The monoisotopic (exact) mass is 279 g/mol. The van der Waals surface area contributed by atoms with Crippen molar-refractivity contribution in [2.75, 3.05) is 0 Å². The Morgan fingerprint density at radius 2 is 2.00 bits per heavy atom. The molecular weight excluding hydrogens is 272 g/mol. The molecule has 0 aliphatic heterocycles. The summed E-state index contributed by atoms with van der Waals surface area (Å²) in [6.07, 6.45) is -3.04. The standard InChI is InChI=1S/C13H7F2NO4/c14-11(15)9-10(13(17)18)20-12(16-9)8-5-6-3-1-2-4-7(6)19-8/h1-5,11H,(H,17,18). The van der Waals surface area contributed by atoms with Gasteiger partial charge in [-0.25, -0.2) is 18.6 Å². The predicted octanol–water partition coefficient (Wildman–Crippen LogP) is 3.72. The maximum absolute atomic E-state index is 12.7. The number of fused-ring (bicyclic) bond motifs is 1. The molecule has 7 heteroatoms. The Hall–Kier alpha value is -2.70. The normalized spacial score (nSPS) is 11.3. The lowest BCUT2D eigenvalue weighted by Crippen LogP contribution is -1.99. The van der Waals surface area contributed by atoms with Crippen molar-refractivity contribution >= 4 is 16.9 Å². The number of hydrogen-bond donors (Lipinski definition) is 1. The predicted molar refractivity (Wildman–Crippen MR) is 63.6 cm³/mol. The first-order valence-electron chi connectivity index (χ1n) is 5.57. The smallest absolute Gasteiger partial charge is 0.374 e. The number of rotatable bonds is 3. The zero-order valence-corrected chi connectivity index (χ0v) is 9.84. The number of halogens is 2. The van der Waals surface area contributed by atoms with Crippen molar-refractivity contribution in [1.29, 1.82) is 0 Å². The van der Waals surface area contributed by atoms with Gasteiger partial charge < -0.3 is 13.9 Å². The molecule has 102 valence electrons. The third kappa shape index (κ3) is 1.93. The van der Waals surface area contributed by atoms with Crippen molar-refractivity contribution in [2.24, 2.45) is 0 Å². The van der Waals surface area contributed by atoms with Crippen LogP contribution in [-0.2, 0) is 0 Å². The van der Waals surface area contributed by atoms with Gasteiger partial charge in [0.2, 0.25) is 5.76 Å². The van der Waals surface area contributed by atoms with Gasteiger partial charge in [0.15, 0.2) is 11.5 Å². The van der Waals surface area contributed by atoms with Crippen LogP contribution in [0.25, 0.3) is 22.6 Å². The van der Waals surface area contributed by atoms with Gasteiger partial charge in [-0.15, -0.1) is 0 Å². The van der Waals surface area contributed by atoms with Gasteiger partial charge in [0, 0.05) is 5.39 Å². The fraction of sp³-hybridized carbons (Fsp3) is 0.0769. The maximum Gasteiger partial charge on any atom is 0.374 e. The van der Waals surface area contributed by atoms with E-state index in [0.717, 1.165) is 5.39 Å². The Labute approximate surface area is 110 Å². The van der Waals surface area contributed by atoms with E-state index >= 15 is 0 Å². The molecule has 3 aromatic rings. The van der Waals surface area contributed by atoms with Crippen LogP contribution in [0.5, 0.6) is 0 Å². The summed E-state index contributed by atoms with van der Waals surface area (Å²) in [7, 11) is 0. The average Bonchev–Trinajstić information content (AvgIpc) is 3.02. The lowest BCUT2D eigenvalue weighted by atomic mass is 10.2. The van der Waals surface area contributed by atoms with E-state index in [4.69, 9.17) is 13.9 Å². The van der Waals surface area contributed by atoms with Crippen LogP contribution in [0.3, 0.4) is 0 Å². The molecule has 0 atom stereocenters. The van der Waals surface area contributed by atoms with Gasteiger partial charge in [-0.1, -0.05) is 18.2 Å². The summed E-state index contributed by atoms with van der Waals surface area (Å²) in [5.41, 5.74) is -0.385. The molecular formula is C13H7F2NO4. The minimum atomic E-state index is -3.04. The second-order valence-electron chi connectivity index (χ2n) is 3.99. The summed E-state index contributed by atoms with van der Waals surface area (Å²) < 4.78 is 35.7. The number of oxazole rings is 1. The molecule has 20 heavy (non-hydrogen) atoms. The molecule has 0 unspecified atom stereocenters. The number of aromatic carboxylic acids is 1. The highest BCUT2D eigenvalue weighted by molar-refractivity contribution is 5.86. The summed E-state index contributed by atoms with van der Waals surface area (Å²) >= 11 is 0. The number of alkyl halides is 2. The topological polar surface area (TPSA) is 76.5 Å². The maximum atomic E-state index is 12.7.